The van der Waals surface area contributed by atoms with Crippen molar-refractivity contribution in [3.05, 3.63) is 64.7 Å². The number of nitrogens with one attached hydrogen (secondary N) is 1. The molecule has 0 aliphatic rings. The molecule has 2 nitrogen and oxygen atoms in total. The van der Waals surface area contributed by atoms with Crippen LogP contribution in [0.25, 0.3) is 0 Å². The second kappa shape index (κ2) is 7.32. The van der Waals surface area contributed by atoms with Crippen LogP contribution in [0.15, 0.2) is 36.5 Å². The number of hydrogen-bond acceptors (Lipinski definition) is 2. The van der Waals surface area contributed by atoms with Gasteiger partial charge in [0.25, 0.3) is 0 Å². The number of halogens is 1. The molecule has 0 aliphatic carbocycles. The summed E-state index contributed by atoms with van der Waals surface area (Å²) in [4.78, 5) is 4.48. The average molecular weight is 286 g/mol. The Morgan fingerprint density at radius 3 is 2.62 bits per heavy atom. The third-order valence-electron chi connectivity index (χ3n) is 3.61. The Morgan fingerprint density at radius 2 is 2.00 bits per heavy atom. The number of rotatable bonds is 6. The van der Waals surface area contributed by atoms with Crippen LogP contribution in [0.4, 0.5) is 4.39 Å². The molecule has 0 amide bonds. The lowest BCUT2D eigenvalue weighted by atomic mass is 9.99. The lowest BCUT2D eigenvalue weighted by Crippen LogP contribution is -2.24. The molecule has 112 valence electrons. The normalized spacial score (nSPS) is 12.4. The van der Waals surface area contributed by atoms with Gasteiger partial charge in [0.1, 0.15) is 5.82 Å². The summed E-state index contributed by atoms with van der Waals surface area (Å²) in [7, 11) is 0. The molecule has 1 aromatic heterocycles. The summed E-state index contributed by atoms with van der Waals surface area (Å²) in [6, 6.07) is 9.65. The lowest BCUT2D eigenvalue weighted by molar-refractivity contribution is 0.522. The maximum Gasteiger partial charge on any atom is 0.126 e. The second-order valence-corrected chi connectivity index (χ2v) is 5.55. The minimum Gasteiger partial charge on any atom is -0.310 e. The SMILES string of the molecule is CCCNC(Cc1ccc(C)cn1)c1ccc(F)c(C)c1. The van der Waals surface area contributed by atoms with Gasteiger partial charge in [0.2, 0.25) is 0 Å². The zero-order valence-electron chi connectivity index (χ0n) is 13.0. The minimum atomic E-state index is -0.151. The molecule has 1 N–H and O–H groups in total. The van der Waals surface area contributed by atoms with Crippen molar-refractivity contribution in [2.75, 3.05) is 6.54 Å². The molecular formula is C18H23FN2. The van der Waals surface area contributed by atoms with Crippen LogP contribution in [0.3, 0.4) is 0 Å². The van der Waals surface area contributed by atoms with Gasteiger partial charge in [-0.1, -0.05) is 25.1 Å². The van der Waals surface area contributed by atoms with Crippen LogP contribution >= 0.6 is 0 Å². The van der Waals surface area contributed by atoms with Gasteiger partial charge in [0, 0.05) is 24.4 Å². The monoisotopic (exact) mass is 286 g/mol. The van der Waals surface area contributed by atoms with Crippen molar-refractivity contribution in [2.45, 2.75) is 39.7 Å². The number of nitrogens with zero attached hydrogens (tertiary/aromatic N) is 1. The van der Waals surface area contributed by atoms with Crippen molar-refractivity contribution in [1.29, 1.82) is 0 Å². The molecule has 1 heterocycles. The van der Waals surface area contributed by atoms with E-state index in [2.05, 4.69) is 29.4 Å². The number of pyridine rings is 1. The van der Waals surface area contributed by atoms with Crippen molar-refractivity contribution in [3.63, 3.8) is 0 Å². The highest BCUT2D eigenvalue weighted by atomic mass is 19.1. The maximum atomic E-state index is 13.5. The fraction of sp³-hybridized carbons (Fsp3) is 0.389. The Labute approximate surface area is 126 Å². The molecule has 0 aliphatic heterocycles. The summed E-state index contributed by atoms with van der Waals surface area (Å²) >= 11 is 0. The molecule has 1 atom stereocenters. The topological polar surface area (TPSA) is 24.9 Å². The van der Waals surface area contributed by atoms with Crippen LogP contribution in [-0.4, -0.2) is 11.5 Å². The van der Waals surface area contributed by atoms with Crippen molar-refractivity contribution < 1.29 is 4.39 Å². The Morgan fingerprint density at radius 1 is 1.19 bits per heavy atom. The van der Waals surface area contributed by atoms with Crippen molar-refractivity contribution in [3.8, 4) is 0 Å². The smallest absolute Gasteiger partial charge is 0.126 e. The summed E-state index contributed by atoms with van der Waals surface area (Å²) in [5.74, 6) is -0.151. The molecule has 1 aromatic carbocycles. The van der Waals surface area contributed by atoms with Crippen LogP contribution in [0.5, 0.6) is 0 Å². The Balaban J connectivity index is 2.20. The predicted molar refractivity (Wildman–Crippen MR) is 84.8 cm³/mol. The van der Waals surface area contributed by atoms with Gasteiger partial charge >= 0.3 is 0 Å². The van der Waals surface area contributed by atoms with E-state index in [1.165, 1.54) is 0 Å². The maximum absolute atomic E-state index is 13.5. The zero-order chi connectivity index (χ0) is 15.2. The largest absolute Gasteiger partial charge is 0.310 e. The first-order chi connectivity index (χ1) is 10.1. The Bertz CT molecular complexity index is 578. The fourth-order valence-electron chi connectivity index (χ4n) is 2.34. The molecule has 2 rings (SSSR count). The van der Waals surface area contributed by atoms with Gasteiger partial charge in [0.05, 0.1) is 0 Å². The van der Waals surface area contributed by atoms with Gasteiger partial charge in [-0.25, -0.2) is 4.39 Å². The number of hydrogen-bond donors (Lipinski definition) is 1. The molecule has 0 saturated carbocycles. The van der Waals surface area contributed by atoms with E-state index in [0.717, 1.165) is 36.2 Å². The van der Waals surface area contributed by atoms with E-state index in [4.69, 9.17) is 0 Å². The highest BCUT2D eigenvalue weighted by Crippen LogP contribution is 2.20. The van der Waals surface area contributed by atoms with Crippen molar-refractivity contribution >= 4 is 0 Å². The van der Waals surface area contributed by atoms with Gasteiger partial charge in [0.15, 0.2) is 0 Å². The van der Waals surface area contributed by atoms with Crippen LogP contribution in [0.1, 0.15) is 41.8 Å². The molecule has 0 spiro atoms. The van der Waals surface area contributed by atoms with E-state index in [-0.39, 0.29) is 11.9 Å². The molecule has 0 bridgehead atoms. The summed E-state index contributed by atoms with van der Waals surface area (Å²) in [5.41, 5.74) is 4.02. The molecule has 21 heavy (non-hydrogen) atoms. The van der Waals surface area contributed by atoms with Crippen LogP contribution < -0.4 is 5.32 Å². The van der Waals surface area contributed by atoms with Gasteiger partial charge in [-0.15, -0.1) is 0 Å². The van der Waals surface area contributed by atoms with E-state index in [0.29, 0.717) is 5.56 Å². The van der Waals surface area contributed by atoms with Gasteiger partial charge < -0.3 is 5.32 Å². The van der Waals surface area contributed by atoms with Crippen molar-refractivity contribution in [2.24, 2.45) is 0 Å². The van der Waals surface area contributed by atoms with E-state index >= 15 is 0 Å². The van der Waals surface area contributed by atoms with Crippen LogP contribution in [0.2, 0.25) is 0 Å². The first kappa shape index (κ1) is 15.6. The summed E-state index contributed by atoms with van der Waals surface area (Å²) in [6.45, 7) is 6.92. The molecule has 2 aromatic rings. The standard InChI is InChI=1S/C18H23FN2/c1-4-9-20-18(11-16-7-5-13(2)12-21-16)15-6-8-17(19)14(3)10-15/h5-8,10,12,18,20H,4,9,11H2,1-3H3. The Hall–Kier alpha value is -1.74. The molecule has 0 saturated heterocycles. The summed E-state index contributed by atoms with van der Waals surface area (Å²) < 4.78 is 13.5. The third-order valence-corrected chi connectivity index (χ3v) is 3.61. The van der Waals surface area contributed by atoms with Gasteiger partial charge in [-0.2, -0.15) is 0 Å². The van der Waals surface area contributed by atoms with E-state index in [1.54, 1.807) is 13.0 Å². The lowest BCUT2D eigenvalue weighted by Gasteiger charge is -2.19. The molecule has 0 fully saturated rings. The molecule has 3 heteroatoms. The minimum absolute atomic E-state index is 0.151. The predicted octanol–water partition coefficient (Wildman–Crippen LogP) is 4.12. The summed E-state index contributed by atoms with van der Waals surface area (Å²) in [5, 5.41) is 3.53. The first-order valence-corrected chi connectivity index (χ1v) is 7.51. The molecule has 0 radical (unpaired) electrons. The fourth-order valence-corrected chi connectivity index (χ4v) is 2.34. The zero-order valence-corrected chi connectivity index (χ0v) is 13.0. The first-order valence-electron chi connectivity index (χ1n) is 7.51. The van der Waals surface area contributed by atoms with Crippen molar-refractivity contribution in [1.82, 2.24) is 10.3 Å². The average Bonchev–Trinajstić information content (AvgIpc) is 2.48. The van der Waals surface area contributed by atoms with E-state index in [9.17, 15) is 4.39 Å². The number of aromatic nitrogens is 1. The highest BCUT2D eigenvalue weighted by molar-refractivity contribution is 5.28. The van der Waals surface area contributed by atoms with E-state index < -0.39 is 0 Å². The van der Waals surface area contributed by atoms with E-state index in [1.807, 2.05) is 25.3 Å². The summed E-state index contributed by atoms with van der Waals surface area (Å²) in [6.07, 6.45) is 3.77. The van der Waals surface area contributed by atoms with Crippen LogP contribution in [0, 0.1) is 19.7 Å². The van der Waals surface area contributed by atoms with Gasteiger partial charge in [-0.05, 0) is 55.6 Å². The number of benzene rings is 1. The molecular weight excluding hydrogens is 263 g/mol. The van der Waals surface area contributed by atoms with Crippen LogP contribution in [-0.2, 0) is 6.42 Å². The van der Waals surface area contributed by atoms with Gasteiger partial charge in [-0.3, -0.25) is 4.98 Å². The molecule has 1 unspecified atom stereocenters. The number of aryl methyl sites for hydroxylation is 2. The second-order valence-electron chi connectivity index (χ2n) is 5.55. The third kappa shape index (κ3) is 4.36. The quantitative estimate of drug-likeness (QED) is 0.864. The highest BCUT2D eigenvalue weighted by Gasteiger charge is 2.13. The Kier molecular flexibility index (Phi) is 5.45.